The van der Waals surface area contributed by atoms with Crippen molar-refractivity contribution in [3.8, 4) is 0 Å². The highest BCUT2D eigenvalue weighted by atomic mass is 35.5. The Kier molecular flexibility index (Phi) is 4.34. The van der Waals surface area contributed by atoms with Gasteiger partial charge in [0.2, 0.25) is 17.7 Å². The maximum Gasteiger partial charge on any atom is 0.249 e. The predicted molar refractivity (Wildman–Crippen MR) is 69.4 cm³/mol. The van der Waals surface area contributed by atoms with E-state index in [9.17, 15) is 18.8 Å². The van der Waals surface area contributed by atoms with E-state index in [4.69, 9.17) is 11.6 Å². The zero-order chi connectivity index (χ0) is 14.7. The minimum absolute atomic E-state index is 0.0824. The maximum absolute atomic E-state index is 13.5. The molecule has 1 heterocycles. The van der Waals surface area contributed by atoms with Gasteiger partial charge in [0.1, 0.15) is 11.9 Å². The van der Waals surface area contributed by atoms with Crippen molar-refractivity contribution in [1.82, 2.24) is 10.6 Å². The van der Waals surface area contributed by atoms with E-state index < -0.39 is 23.7 Å². The van der Waals surface area contributed by atoms with Gasteiger partial charge in [-0.25, -0.2) is 4.39 Å². The van der Waals surface area contributed by atoms with Gasteiger partial charge in [-0.05, 0) is 18.6 Å². The van der Waals surface area contributed by atoms with Gasteiger partial charge in [0.15, 0.2) is 0 Å². The summed E-state index contributed by atoms with van der Waals surface area (Å²) < 4.78 is 13.5. The van der Waals surface area contributed by atoms with Crippen LogP contribution in [0, 0.1) is 5.82 Å². The molecule has 1 atom stereocenters. The lowest BCUT2D eigenvalue weighted by atomic mass is 10.1. The highest BCUT2D eigenvalue weighted by Crippen LogP contribution is 2.19. The summed E-state index contributed by atoms with van der Waals surface area (Å²) >= 11 is 5.82. The van der Waals surface area contributed by atoms with Gasteiger partial charge in [-0.2, -0.15) is 0 Å². The number of halogens is 2. The van der Waals surface area contributed by atoms with Crippen LogP contribution >= 0.6 is 11.6 Å². The second-order valence-electron chi connectivity index (χ2n) is 4.45. The molecule has 20 heavy (non-hydrogen) atoms. The first-order valence-electron chi connectivity index (χ1n) is 6.03. The first-order valence-corrected chi connectivity index (χ1v) is 6.41. The number of nitrogens with one attached hydrogen (secondary N) is 2. The van der Waals surface area contributed by atoms with Crippen LogP contribution in [0.3, 0.4) is 0 Å². The fourth-order valence-corrected chi connectivity index (χ4v) is 2.17. The first-order chi connectivity index (χ1) is 9.47. The molecule has 1 saturated heterocycles. The Labute approximate surface area is 119 Å². The molecule has 1 aliphatic rings. The van der Waals surface area contributed by atoms with Crippen LogP contribution in [0.5, 0.6) is 0 Å². The summed E-state index contributed by atoms with van der Waals surface area (Å²) in [4.78, 5) is 34.3. The molecular weight excluding hydrogens is 287 g/mol. The van der Waals surface area contributed by atoms with E-state index in [1.807, 2.05) is 0 Å². The minimum Gasteiger partial charge on any atom is -0.344 e. The van der Waals surface area contributed by atoms with Crippen LogP contribution in [0.1, 0.15) is 18.4 Å². The van der Waals surface area contributed by atoms with Crippen LogP contribution in [-0.4, -0.2) is 23.8 Å². The Morgan fingerprint density at radius 1 is 1.45 bits per heavy atom. The topological polar surface area (TPSA) is 75.3 Å². The van der Waals surface area contributed by atoms with E-state index in [2.05, 4.69) is 10.6 Å². The number of piperidine rings is 1. The van der Waals surface area contributed by atoms with Crippen molar-refractivity contribution in [1.29, 1.82) is 0 Å². The average molecular weight is 299 g/mol. The summed E-state index contributed by atoms with van der Waals surface area (Å²) in [5.74, 6) is -2.01. The predicted octanol–water partition coefficient (Wildman–Crippen LogP) is 0.943. The SMILES string of the molecule is O=C1CCC(NC(=O)Cc2c(F)cccc2Cl)C(=O)N1. The number of benzene rings is 1. The Bertz CT molecular complexity index is 556. The Hall–Kier alpha value is -1.95. The molecule has 2 rings (SSSR count). The molecule has 1 aliphatic heterocycles. The lowest BCUT2D eigenvalue weighted by Crippen LogP contribution is -2.52. The molecule has 0 spiro atoms. The van der Waals surface area contributed by atoms with Gasteiger partial charge < -0.3 is 5.32 Å². The van der Waals surface area contributed by atoms with Crippen LogP contribution in [0.4, 0.5) is 4.39 Å². The summed E-state index contributed by atoms with van der Waals surface area (Å²) in [6.45, 7) is 0. The van der Waals surface area contributed by atoms with Crippen LogP contribution in [0.25, 0.3) is 0 Å². The Morgan fingerprint density at radius 2 is 2.20 bits per heavy atom. The number of carbonyl (C=O) groups is 3. The van der Waals surface area contributed by atoms with Crippen LogP contribution in [0.2, 0.25) is 5.02 Å². The number of amides is 3. The number of carbonyl (C=O) groups excluding carboxylic acids is 3. The highest BCUT2D eigenvalue weighted by Gasteiger charge is 2.28. The molecule has 2 N–H and O–H groups in total. The van der Waals surface area contributed by atoms with Crippen molar-refractivity contribution in [3.63, 3.8) is 0 Å². The molecule has 0 radical (unpaired) electrons. The molecule has 1 unspecified atom stereocenters. The van der Waals surface area contributed by atoms with Gasteiger partial charge in [0.25, 0.3) is 0 Å². The lowest BCUT2D eigenvalue weighted by Gasteiger charge is -2.21. The Balaban J connectivity index is 1.99. The molecular formula is C13H12ClFN2O3. The molecule has 1 fully saturated rings. The van der Waals surface area contributed by atoms with Crippen LogP contribution < -0.4 is 10.6 Å². The first kappa shape index (κ1) is 14.5. The molecule has 106 valence electrons. The molecule has 0 saturated carbocycles. The largest absolute Gasteiger partial charge is 0.344 e. The third-order valence-electron chi connectivity index (χ3n) is 2.97. The summed E-state index contributed by atoms with van der Waals surface area (Å²) in [6.07, 6.45) is 0.141. The second-order valence-corrected chi connectivity index (χ2v) is 4.86. The minimum atomic E-state index is -0.772. The van der Waals surface area contributed by atoms with Crippen LogP contribution in [0.15, 0.2) is 18.2 Å². The maximum atomic E-state index is 13.5. The number of imide groups is 1. The fraction of sp³-hybridized carbons (Fsp3) is 0.308. The highest BCUT2D eigenvalue weighted by molar-refractivity contribution is 6.31. The molecule has 0 bridgehead atoms. The van der Waals surface area contributed by atoms with E-state index in [1.54, 1.807) is 0 Å². The standard InChI is InChI=1S/C13H12ClFN2O3/c14-8-2-1-3-9(15)7(8)6-12(19)16-10-4-5-11(18)17-13(10)20/h1-3,10H,4-6H2,(H,16,19)(H,17,18,20). The average Bonchev–Trinajstić information content (AvgIpc) is 2.37. The van der Waals surface area contributed by atoms with Gasteiger partial charge >= 0.3 is 0 Å². The van der Waals surface area contributed by atoms with Crippen molar-refractivity contribution in [2.45, 2.75) is 25.3 Å². The molecule has 1 aromatic rings. The van der Waals surface area contributed by atoms with Gasteiger partial charge in [0.05, 0.1) is 6.42 Å². The van der Waals surface area contributed by atoms with Crippen molar-refractivity contribution >= 4 is 29.3 Å². The molecule has 3 amide bonds. The van der Waals surface area contributed by atoms with E-state index in [0.29, 0.717) is 0 Å². The van der Waals surface area contributed by atoms with Gasteiger partial charge in [0, 0.05) is 17.0 Å². The zero-order valence-electron chi connectivity index (χ0n) is 10.4. The van der Waals surface area contributed by atoms with E-state index >= 15 is 0 Å². The third-order valence-corrected chi connectivity index (χ3v) is 3.33. The van der Waals surface area contributed by atoms with Crippen LogP contribution in [-0.2, 0) is 20.8 Å². The molecule has 1 aromatic carbocycles. The summed E-state index contributed by atoms with van der Waals surface area (Å²) in [5.41, 5.74) is 0.0824. The number of rotatable bonds is 3. The van der Waals surface area contributed by atoms with Crippen molar-refractivity contribution in [3.05, 3.63) is 34.6 Å². The molecule has 0 aromatic heterocycles. The lowest BCUT2D eigenvalue weighted by molar-refractivity contribution is -0.137. The quantitative estimate of drug-likeness (QED) is 0.816. The molecule has 0 aliphatic carbocycles. The van der Waals surface area contributed by atoms with Crippen molar-refractivity contribution < 1.29 is 18.8 Å². The summed E-state index contributed by atoms with van der Waals surface area (Å²) in [5, 5.41) is 4.75. The third kappa shape index (κ3) is 3.33. The van der Waals surface area contributed by atoms with Crippen molar-refractivity contribution in [2.24, 2.45) is 0 Å². The van der Waals surface area contributed by atoms with Crippen molar-refractivity contribution in [2.75, 3.05) is 0 Å². The van der Waals surface area contributed by atoms with Gasteiger partial charge in [-0.15, -0.1) is 0 Å². The zero-order valence-corrected chi connectivity index (χ0v) is 11.2. The second kappa shape index (κ2) is 6.00. The monoisotopic (exact) mass is 298 g/mol. The summed E-state index contributed by atoms with van der Waals surface area (Å²) in [7, 11) is 0. The fourth-order valence-electron chi connectivity index (χ4n) is 1.94. The Morgan fingerprint density at radius 3 is 2.85 bits per heavy atom. The van der Waals surface area contributed by atoms with E-state index in [0.717, 1.165) is 0 Å². The molecule has 5 nitrogen and oxygen atoms in total. The number of hydrogen-bond acceptors (Lipinski definition) is 3. The smallest absolute Gasteiger partial charge is 0.249 e. The summed E-state index contributed by atoms with van der Waals surface area (Å²) in [6, 6.07) is 3.37. The van der Waals surface area contributed by atoms with Gasteiger partial charge in [-0.1, -0.05) is 17.7 Å². The normalized spacial score (nSPS) is 18.6. The van der Waals surface area contributed by atoms with E-state index in [1.165, 1.54) is 18.2 Å². The number of hydrogen-bond donors (Lipinski definition) is 2. The van der Waals surface area contributed by atoms with Gasteiger partial charge in [-0.3, -0.25) is 19.7 Å². The van der Waals surface area contributed by atoms with E-state index in [-0.39, 0.29) is 35.8 Å². The molecule has 7 heteroatoms.